The molecule has 0 spiro atoms. The van der Waals surface area contributed by atoms with Crippen molar-refractivity contribution in [3.63, 3.8) is 0 Å². The van der Waals surface area contributed by atoms with Gasteiger partial charge in [0.15, 0.2) is 0 Å². The van der Waals surface area contributed by atoms with Crippen LogP contribution in [0.3, 0.4) is 0 Å². The molecular formula is C7H12FN. The minimum absolute atomic E-state index is 0.168. The molecule has 0 aliphatic heterocycles. The van der Waals surface area contributed by atoms with Gasteiger partial charge in [-0.3, -0.25) is 0 Å². The zero-order valence-corrected chi connectivity index (χ0v) is 6.03. The van der Waals surface area contributed by atoms with Crippen molar-refractivity contribution in [3.05, 3.63) is 23.7 Å². The third-order valence-corrected chi connectivity index (χ3v) is 0.799. The van der Waals surface area contributed by atoms with Gasteiger partial charge in [-0.1, -0.05) is 0 Å². The standard InChI is InChI=1S/C7H12FN/c1-6(5-9-3)4-7(2)8/h4-5,9H,1-3H3/b6-5-,7-4+. The maximum Gasteiger partial charge on any atom is 0.0971 e. The topological polar surface area (TPSA) is 12.0 Å². The van der Waals surface area contributed by atoms with E-state index in [0.717, 1.165) is 5.57 Å². The predicted octanol–water partition coefficient (Wildman–Crippen LogP) is 1.98. The summed E-state index contributed by atoms with van der Waals surface area (Å²) in [4.78, 5) is 0. The Hall–Kier alpha value is -0.790. The van der Waals surface area contributed by atoms with E-state index >= 15 is 0 Å². The van der Waals surface area contributed by atoms with Crippen LogP contribution in [0.1, 0.15) is 13.8 Å². The summed E-state index contributed by atoms with van der Waals surface area (Å²) in [5, 5.41) is 2.80. The summed E-state index contributed by atoms with van der Waals surface area (Å²) in [6.45, 7) is 3.26. The second kappa shape index (κ2) is 4.13. The van der Waals surface area contributed by atoms with Gasteiger partial charge in [0.25, 0.3) is 0 Å². The van der Waals surface area contributed by atoms with Crippen molar-refractivity contribution < 1.29 is 4.39 Å². The van der Waals surface area contributed by atoms with Crippen molar-refractivity contribution in [1.29, 1.82) is 0 Å². The van der Waals surface area contributed by atoms with Crippen LogP contribution in [0.15, 0.2) is 23.7 Å². The molecule has 0 amide bonds. The molecule has 0 bridgehead atoms. The maximum atomic E-state index is 12.1. The molecule has 0 fully saturated rings. The molecule has 0 aliphatic rings. The quantitative estimate of drug-likeness (QED) is 0.562. The molecule has 1 nitrogen and oxygen atoms in total. The highest BCUT2D eigenvalue weighted by Gasteiger charge is 1.82. The third kappa shape index (κ3) is 5.07. The molecule has 0 saturated carbocycles. The van der Waals surface area contributed by atoms with Gasteiger partial charge in [0.2, 0.25) is 0 Å². The monoisotopic (exact) mass is 129 g/mol. The highest BCUT2D eigenvalue weighted by Crippen LogP contribution is 1.99. The average Bonchev–Trinajstić information content (AvgIpc) is 1.63. The van der Waals surface area contributed by atoms with Crippen molar-refractivity contribution in [3.8, 4) is 0 Å². The lowest BCUT2D eigenvalue weighted by atomic mass is 10.3. The smallest absolute Gasteiger partial charge is 0.0971 e. The van der Waals surface area contributed by atoms with E-state index in [2.05, 4.69) is 5.32 Å². The van der Waals surface area contributed by atoms with E-state index in [9.17, 15) is 4.39 Å². The number of halogens is 1. The summed E-state index contributed by atoms with van der Waals surface area (Å²) >= 11 is 0. The molecule has 0 aromatic heterocycles. The highest BCUT2D eigenvalue weighted by atomic mass is 19.1. The van der Waals surface area contributed by atoms with Crippen LogP contribution in [0.4, 0.5) is 4.39 Å². The molecule has 0 aromatic rings. The van der Waals surface area contributed by atoms with Gasteiger partial charge in [-0.2, -0.15) is 0 Å². The van der Waals surface area contributed by atoms with Crippen LogP contribution in [0.5, 0.6) is 0 Å². The Kier molecular flexibility index (Phi) is 3.76. The Bertz CT molecular complexity index is 132. The number of hydrogen-bond donors (Lipinski definition) is 1. The summed E-state index contributed by atoms with van der Waals surface area (Å²) in [7, 11) is 1.78. The molecule has 0 aromatic carbocycles. The number of nitrogens with one attached hydrogen (secondary N) is 1. The highest BCUT2D eigenvalue weighted by molar-refractivity contribution is 5.16. The summed E-state index contributed by atoms with van der Waals surface area (Å²) < 4.78 is 12.1. The molecule has 0 saturated heterocycles. The van der Waals surface area contributed by atoms with E-state index in [4.69, 9.17) is 0 Å². The first-order chi connectivity index (χ1) is 4.16. The van der Waals surface area contributed by atoms with Crippen LogP contribution < -0.4 is 5.32 Å². The van der Waals surface area contributed by atoms with E-state index in [1.807, 2.05) is 6.92 Å². The molecule has 0 unspecified atom stereocenters. The summed E-state index contributed by atoms with van der Waals surface area (Å²) in [6, 6.07) is 0. The molecular weight excluding hydrogens is 117 g/mol. The van der Waals surface area contributed by atoms with Crippen LogP contribution in [0.2, 0.25) is 0 Å². The minimum Gasteiger partial charge on any atom is -0.394 e. The molecule has 1 N–H and O–H groups in total. The van der Waals surface area contributed by atoms with E-state index < -0.39 is 0 Å². The van der Waals surface area contributed by atoms with Gasteiger partial charge < -0.3 is 5.32 Å². The fourth-order valence-corrected chi connectivity index (χ4v) is 0.583. The molecule has 2 heteroatoms. The lowest BCUT2D eigenvalue weighted by molar-refractivity contribution is 0.639. The van der Waals surface area contributed by atoms with Crippen molar-refractivity contribution in [2.45, 2.75) is 13.8 Å². The van der Waals surface area contributed by atoms with Crippen LogP contribution in [0, 0.1) is 0 Å². The van der Waals surface area contributed by atoms with Gasteiger partial charge in [0.1, 0.15) is 0 Å². The molecule has 0 atom stereocenters. The molecule has 0 rings (SSSR count). The van der Waals surface area contributed by atoms with Crippen LogP contribution in [-0.4, -0.2) is 7.05 Å². The van der Waals surface area contributed by atoms with E-state index in [1.54, 1.807) is 13.2 Å². The lowest BCUT2D eigenvalue weighted by Crippen LogP contribution is -1.92. The first-order valence-corrected chi connectivity index (χ1v) is 2.84. The Labute approximate surface area is 55.3 Å². The SMILES string of the molecule is CN/C=C(C)\C=C(/C)F. The van der Waals surface area contributed by atoms with Crippen LogP contribution >= 0.6 is 0 Å². The summed E-state index contributed by atoms with van der Waals surface area (Å²) in [6.07, 6.45) is 3.21. The lowest BCUT2D eigenvalue weighted by Gasteiger charge is -1.90. The van der Waals surface area contributed by atoms with Gasteiger partial charge in [-0.05, 0) is 31.7 Å². The molecule has 52 valence electrons. The van der Waals surface area contributed by atoms with Gasteiger partial charge in [-0.25, -0.2) is 4.39 Å². The van der Waals surface area contributed by atoms with Crippen molar-refractivity contribution in [2.24, 2.45) is 0 Å². The molecule has 0 aliphatic carbocycles. The average molecular weight is 129 g/mol. The van der Waals surface area contributed by atoms with Gasteiger partial charge in [-0.15, -0.1) is 0 Å². The number of hydrogen-bond acceptors (Lipinski definition) is 1. The second-order valence-corrected chi connectivity index (χ2v) is 1.91. The summed E-state index contributed by atoms with van der Waals surface area (Å²) in [5.41, 5.74) is 0.887. The van der Waals surface area contributed by atoms with Gasteiger partial charge in [0, 0.05) is 7.05 Å². The normalized spacial score (nSPS) is 13.8. The Morgan fingerprint density at radius 2 is 2.00 bits per heavy atom. The van der Waals surface area contributed by atoms with E-state index in [-0.39, 0.29) is 5.83 Å². The molecule has 0 heterocycles. The number of rotatable bonds is 2. The Balaban J connectivity index is 3.90. The Morgan fingerprint density at radius 1 is 1.44 bits per heavy atom. The zero-order chi connectivity index (χ0) is 7.28. The fraction of sp³-hybridized carbons (Fsp3) is 0.429. The van der Waals surface area contributed by atoms with Crippen LogP contribution in [0.25, 0.3) is 0 Å². The maximum absolute atomic E-state index is 12.1. The predicted molar refractivity (Wildman–Crippen MR) is 37.7 cm³/mol. The van der Waals surface area contributed by atoms with E-state index in [1.165, 1.54) is 13.0 Å². The molecule has 0 radical (unpaired) electrons. The Morgan fingerprint density at radius 3 is 2.33 bits per heavy atom. The first-order valence-electron chi connectivity index (χ1n) is 2.84. The van der Waals surface area contributed by atoms with Gasteiger partial charge >= 0.3 is 0 Å². The van der Waals surface area contributed by atoms with Crippen molar-refractivity contribution >= 4 is 0 Å². The van der Waals surface area contributed by atoms with Crippen molar-refractivity contribution in [1.82, 2.24) is 5.32 Å². The van der Waals surface area contributed by atoms with Gasteiger partial charge in [0.05, 0.1) is 5.83 Å². The second-order valence-electron chi connectivity index (χ2n) is 1.91. The minimum atomic E-state index is -0.168. The molecule has 9 heavy (non-hydrogen) atoms. The summed E-state index contributed by atoms with van der Waals surface area (Å²) in [5.74, 6) is -0.168. The van der Waals surface area contributed by atoms with E-state index in [0.29, 0.717) is 0 Å². The number of allylic oxidation sites excluding steroid dienone is 3. The first kappa shape index (κ1) is 8.21. The van der Waals surface area contributed by atoms with Crippen molar-refractivity contribution in [2.75, 3.05) is 7.05 Å². The third-order valence-electron chi connectivity index (χ3n) is 0.799. The van der Waals surface area contributed by atoms with Crippen LogP contribution in [-0.2, 0) is 0 Å². The largest absolute Gasteiger partial charge is 0.394 e. The fourth-order valence-electron chi connectivity index (χ4n) is 0.583. The zero-order valence-electron chi connectivity index (χ0n) is 6.03.